The molecular formula is C36H38F3N3O7. The highest BCUT2D eigenvalue weighted by molar-refractivity contribution is 6.32. The standard InChI is InChI=1S/C36H38F3N3O7/c1-41(2)29-23-12-19-11-22-26(30(44)25(19)32(46)35(23,49)33(47)27(31(29)45)34(40)48)24(43)13-20(28(22)36(37,38)39)15-42(14-16-7-8-16)21-9-17-5-3-4-6-18(17)10-21/h3-6,13,16,19,21,23,25,27,29,43,49H,7-12,14-15H2,1-2H3,(H2,40,48)/t19-,23-,25?,27?,29-,35-/m0/s1. The van der Waals surface area contributed by atoms with Crippen molar-refractivity contribution in [3.8, 4) is 5.75 Å². The number of fused-ring (bicyclic) bond motifs is 4. The minimum Gasteiger partial charge on any atom is -0.507 e. The van der Waals surface area contributed by atoms with Gasteiger partial charge in [0.15, 0.2) is 34.7 Å². The Balaban J connectivity index is 1.30. The third-order valence-corrected chi connectivity index (χ3v) is 11.5. The van der Waals surface area contributed by atoms with E-state index in [1.807, 2.05) is 29.2 Å². The van der Waals surface area contributed by atoms with Crippen LogP contribution in [-0.4, -0.2) is 87.4 Å². The molecule has 0 aliphatic heterocycles. The van der Waals surface area contributed by atoms with Gasteiger partial charge in [0.25, 0.3) is 0 Å². The van der Waals surface area contributed by atoms with Gasteiger partial charge in [-0.2, -0.15) is 13.2 Å². The van der Waals surface area contributed by atoms with Gasteiger partial charge in [0.05, 0.1) is 23.1 Å². The fraction of sp³-hybridized carbons (Fsp3) is 0.528. The van der Waals surface area contributed by atoms with Crippen LogP contribution in [0.1, 0.15) is 57.4 Å². The Morgan fingerprint density at radius 3 is 2.20 bits per heavy atom. The second-order valence-electron chi connectivity index (χ2n) is 14.8. The Morgan fingerprint density at radius 1 is 1.02 bits per heavy atom. The number of halogens is 3. The van der Waals surface area contributed by atoms with E-state index in [1.54, 1.807) is 0 Å². The molecule has 4 N–H and O–H groups in total. The fourth-order valence-corrected chi connectivity index (χ4v) is 9.21. The number of aromatic hydroxyl groups is 1. The van der Waals surface area contributed by atoms with E-state index < -0.39 is 99.4 Å². The van der Waals surface area contributed by atoms with Crippen LogP contribution in [0.25, 0.3) is 0 Å². The van der Waals surface area contributed by atoms with Gasteiger partial charge in [0.1, 0.15) is 5.75 Å². The molecule has 2 aromatic carbocycles. The molecule has 0 aromatic heterocycles. The zero-order chi connectivity index (χ0) is 35.3. The summed E-state index contributed by atoms with van der Waals surface area (Å²) >= 11 is 0. The van der Waals surface area contributed by atoms with Gasteiger partial charge in [-0.1, -0.05) is 24.3 Å². The van der Waals surface area contributed by atoms with E-state index in [2.05, 4.69) is 0 Å². The minimum atomic E-state index is -4.93. The SMILES string of the molecule is CN(C)[C@@H]1C(=O)C(C(N)=O)C(=O)[C@@]2(O)C(=O)C3C(=O)c4c(O)cc(CN(CC5CC5)C5Cc6ccccc6C5)c(C(F)(F)F)c4C[C@H]3C[C@@H]12. The molecule has 3 saturated carbocycles. The van der Waals surface area contributed by atoms with Crippen LogP contribution in [0.4, 0.5) is 13.2 Å². The molecule has 5 aliphatic rings. The predicted octanol–water partition coefficient (Wildman–Crippen LogP) is 2.27. The Morgan fingerprint density at radius 2 is 1.65 bits per heavy atom. The van der Waals surface area contributed by atoms with Crippen molar-refractivity contribution < 1.29 is 47.4 Å². The summed E-state index contributed by atoms with van der Waals surface area (Å²) in [4.78, 5) is 70.5. The van der Waals surface area contributed by atoms with E-state index in [0.717, 1.165) is 30.0 Å². The van der Waals surface area contributed by atoms with Gasteiger partial charge < -0.3 is 15.9 Å². The summed E-state index contributed by atoms with van der Waals surface area (Å²) in [5.74, 6) is -13.0. The topological polar surface area (TPSA) is 158 Å². The number of benzene rings is 2. The van der Waals surface area contributed by atoms with Crippen LogP contribution >= 0.6 is 0 Å². The molecule has 49 heavy (non-hydrogen) atoms. The summed E-state index contributed by atoms with van der Waals surface area (Å²) in [5.41, 5.74) is 2.37. The Labute approximate surface area is 280 Å². The zero-order valence-electron chi connectivity index (χ0n) is 27.1. The van der Waals surface area contributed by atoms with Gasteiger partial charge in [-0.3, -0.25) is 33.8 Å². The maximum absolute atomic E-state index is 15.2. The number of hydrogen-bond acceptors (Lipinski definition) is 9. The summed E-state index contributed by atoms with van der Waals surface area (Å²) in [7, 11) is 2.88. The van der Waals surface area contributed by atoms with Gasteiger partial charge >= 0.3 is 6.18 Å². The van der Waals surface area contributed by atoms with Crippen molar-refractivity contribution in [3.05, 3.63) is 63.7 Å². The molecule has 260 valence electrons. The van der Waals surface area contributed by atoms with E-state index in [-0.39, 0.29) is 24.6 Å². The molecule has 0 spiro atoms. The first kappa shape index (κ1) is 33.6. The number of primary amides is 1. The number of rotatable bonds is 7. The normalized spacial score (nSPS) is 30.0. The van der Waals surface area contributed by atoms with Crippen molar-refractivity contribution in [2.75, 3.05) is 20.6 Å². The molecule has 3 fully saturated rings. The summed E-state index contributed by atoms with van der Waals surface area (Å²) in [6.07, 6.45) is -2.40. The van der Waals surface area contributed by atoms with Crippen LogP contribution in [0.2, 0.25) is 0 Å². The quantitative estimate of drug-likeness (QED) is 0.373. The third kappa shape index (κ3) is 5.23. The zero-order valence-corrected chi connectivity index (χ0v) is 27.1. The number of amides is 1. The highest BCUT2D eigenvalue weighted by Crippen LogP contribution is 2.53. The number of Topliss-reactive ketones (excluding diaryl/α,β-unsaturated/α-hetero) is 4. The molecule has 10 nitrogen and oxygen atoms in total. The first-order valence-electron chi connectivity index (χ1n) is 16.6. The lowest BCUT2D eigenvalue weighted by atomic mass is 9.52. The molecule has 1 amide bonds. The number of carbonyl (C=O) groups excluding carboxylic acids is 5. The molecule has 0 radical (unpaired) electrons. The van der Waals surface area contributed by atoms with Crippen molar-refractivity contribution in [1.82, 2.24) is 9.80 Å². The number of hydrogen-bond donors (Lipinski definition) is 3. The van der Waals surface area contributed by atoms with Crippen molar-refractivity contribution in [1.29, 1.82) is 0 Å². The van der Waals surface area contributed by atoms with Crippen molar-refractivity contribution in [2.45, 2.75) is 68.9 Å². The maximum atomic E-state index is 15.2. The number of nitrogens with two attached hydrogens (primary N) is 1. The summed E-state index contributed by atoms with van der Waals surface area (Å²) < 4.78 is 45.5. The monoisotopic (exact) mass is 681 g/mol. The van der Waals surface area contributed by atoms with Gasteiger partial charge in [0.2, 0.25) is 5.91 Å². The molecule has 0 heterocycles. The molecule has 6 atom stereocenters. The van der Waals surface area contributed by atoms with Crippen molar-refractivity contribution in [3.63, 3.8) is 0 Å². The van der Waals surface area contributed by atoms with Crippen LogP contribution in [-0.2, 0) is 51.2 Å². The molecule has 2 aromatic rings. The van der Waals surface area contributed by atoms with Crippen LogP contribution < -0.4 is 5.73 Å². The van der Waals surface area contributed by atoms with E-state index in [0.29, 0.717) is 25.3 Å². The highest BCUT2D eigenvalue weighted by Gasteiger charge is 2.69. The number of likely N-dealkylation sites (N-methyl/N-ethyl adjacent to an activating group) is 1. The summed E-state index contributed by atoms with van der Waals surface area (Å²) in [6.45, 7) is 0.473. The molecule has 5 aliphatic carbocycles. The highest BCUT2D eigenvalue weighted by atomic mass is 19.4. The lowest BCUT2D eigenvalue weighted by Gasteiger charge is -2.52. The lowest BCUT2D eigenvalue weighted by molar-refractivity contribution is -0.181. The molecule has 13 heteroatoms. The number of phenolic OH excluding ortho intramolecular Hbond substituents is 1. The number of aliphatic hydroxyl groups is 1. The van der Waals surface area contributed by atoms with Crippen molar-refractivity contribution >= 4 is 29.0 Å². The number of ketones is 4. The smallest absolute Gasteiger partial charge is 0.417 e. The second kappa shape index (κ2) is 11.6. The van der Waals surface area contributed by atoms with Gasteiger partial charge in [-0.05, 0) is 92.8 Å². The van der Waals surface area contributed by atoms with Gasteiger partial charge in [-0.25, -0.2) is 0 Å². The summed E-state index contributed by atoms with van der Waals surface area (Å²) in [5, 5.41) is 23.0. The Hall–Kier alpha value is -3.94. The molecule has 0 bridgehead atoms. The second-order valence-corrected chi connectivity index (χ2v) is 14.8. The van der Waals surface area contributed by atoms with Gasteiger partial charge in [-0.15, -0.1) is 0 Å². The van der Waals surface area contributed by atoms with Crippen LogP contribution in [0.3, 0.4) is 0 Å². The predicted molar refractivity (Wildman–Crippen MR) is 167 cm³/mol. The first-order chi connectivity index (χ1) is 23.0. The van der Waals surface area contributed by atoms with E-state index in [9.17, 15) is 34.2 Å². The number of nitrogens with zero attached hydrogens (tertiary/aromatic N) is 2. The third-order valence-electron chi connectivity index (χ3n) is 11.5. The minimum absolute atomic E-state index is 0.0505. The Kier molecular flexibility index (Phi) is 7.92. The van der Waals surface area contributed by atoms with Crippen LogP contribution in [0, 0.1) is 29.6 Å². The summed E-state index contributed by atoms with van der Waals surface area (Å²) in [6, 6.07) is 7.48. The molecular weight excluding hydrogens is 643 g/mol. The average molecular weight is 682 g/mol. The first-order valence-corrected chi connectivity index (χ1v) is 16.6. The fourth-order valence-electron chi connectivity index (χ4n) is 9.21. The van der Waals surface area contributed by atoms with Crippen molar-refractivity contribution in [2.24, 2.45) is 35.3 Å². The van der Waals surface area contributed by atoms with Crippen LogP contribution in [0.15, 0.2) is 30.3 Å². The maximum Gasteiger partial charge on any atom is 0.417 e. The molecule has 0 saturated heterocycles. The Bertz CT molecular complexity index is 1780. The largest absolute Gasteiger partial charge is 0.507 e. The van der Waals surface area contributed by atoms with E-state index >= 15 is 13.2 Å². The molecule has 7 rings (SSSR count). The van der Waals surface area contributed by atoms with E-state index in [1.165, 1.54) is 19.0 Å². The number of alkyl halides is 3. The van der Waals surface area contributed by atoms with Gasteiger partial charge in [0, 0.05) is 25.0 Å². The molecule has 2 unspecified atom stereocenters. The lowest BCUT2D eigenvalue weighted by Crippen LogP contribution is -2.74. The average Bonchev–Trinajstić information content (AvgIpc) is 3.71. The number of carbonyl (C=O) groups is 5. The number of phenols is 1. The van der Waals surface area contributed by atoms with Crippen LogP contribution in [0.5, 0.6) is 5.75 Å². The van der Waals surface area contributed by atoms with E-state index in [4.69, 9.17) is 5.73 Å².